The molecule has 0 unspecified atom stereocenters. The fourth-order valence-electron chi connectivity index (χ4n) is 1.11. The highest BCUT2D eigenvalue weighted by Gasteiger charge is 2.05. The molecule has 0 spiro atoms. The van der Waals surface area contributed by atoms with Gasteiger partial charge in [0.25, 0.3) is 0 Å². The fourth-order valence-corrected chi connectivity index (χ4v) is 1.40. The van der Waals surface area contributed by atoms with Gasteiger partial charge in [-0.05, 0) is 18.8 Å². The zero-order valence-corrected chi connectivity index (χ0v) is 12.4. The third-order valence-corrected chi connectivity index (χ3v) is 1.95. The predicted octanol–water partition coefficient (Wildman–Crippen LogP) is 1.68. The van der Waals surface area contributed by atoms with Crippen LogP contribution >= 0.6 is 12.2 Å². The molecule has 0 aliphatic carbocycles. The molecule has 4 heteroatoms. The van der Waals surface area contributed by atoms with Crippen LogP contribution in [0, 0.1) is 11.8 Å². The van der Waals surface area contributed by atoms with E-state index in [1.165, 1.54) is 0 Å². The number of hydrogen-bond acceptors (Lipinski definition) is 2. The number of thiocarbonyl (C=S) groups is 1. The van der Waals surface area contributed by atoms with Gasteiger partial charge in [0.05, 0.1) is 6.54 Å². The highest BCUT2D eigenvalue weighted by atomic mass is 32.1. The monoisotopic (exact) mass is 250 g/mol. The SMILES string of the molecule is CC(C)CN(CC(C)C)C(=S)[S-].CC[NH3+]. The third kappa shape index (κ3) is 14.1. The lowest BCUT2D eigenvalue weighted by Crippen LogP contribution is -2.48. The van der Waals surface area contributed by atoms with Crippen molar-refractivity contribution in [2.45, 2.75) is 34.6 Å². The Morgan fingerprint density at radius 2 is 1.47 bits per heavy atom. The normalized spacial score (nSPS) is 9.87. The zero-order chi connectivity index (χ0) is 12.4. The van der Waals surface area contributed by atoms with Crippen molar-refractivity contribution in [2.24, 2.45) is 11.8 Å². The van der Waals surface area contributed by atoms with E-state index in [1.54, 1.807) is 0 Å². The molecular formula is C11H26N2S2. The molecule has 15 heavy (non-hydrogen) atoms. The van der Waals surface area contributed by atoms with E-state index in [9.17, 15) is 0 Å². The van der Waals surface area contributed by atoms with Gasteiger partial charge in [0, 0.05) is 13.1 Å². The number of nitrogens with zero attached hydrogens (tertiary/aromatic N) is 1. The molecule has 0 rings (SSSR count). The van der Waals surface area contributed by atoms with Crippen molar-refractivity contribution in [3.8, 4) is 0 Å². The minimum absolute atomic E-state index is 0.609. The van der Waals surface area contributed by atoms with E-state index in [0.29, 0.717) is 16.2 Å². The van der Waals surface area contributed by atoms with Crippen LogP contribution in [-0.4, -0.2) is 28.9 Å². The van der Waals surface area contributed by atoms with Gasteiger partial charge in [0.15, 0.2) is 0 Å². The molecule has 0 amide bonds. The smallest absolute Gasteiger partial charge is 0.0711 e. The lowest BCUT2D eigenvalue weighted by Gasteiger charge is -2.31. The second kappa shape index (κ2) is 10.6. The predicted molar refractivity (Wildman–Crippen MR) is 74.6 cm³/mol. The maximum atomic E-state index is 4.99. The van der Waals surface area contributed by atoms with Crippen molar-refractivity contribution in [3.63, 3.8) is 0 Å². The van der Waals surface area contributed by atoms with Gasteiger partial charge < -0.3 is 35.5 Å². The first-order chi connectivity index (χ1) is 6.84. The van der Waals surface area contributed by atoms with E-state index in [1.807, 2.05) is 6.92 Å². The molecule has 0 aromatic carbocycles. The summed E-state index contributed by atoms with van der Waals surface area (Å²) in [5, 5.41) is 0. The molecule has 0 heterocycles. The minimum Gasteiger partial charge on any atom is -0.411 e. The van der Waals surface area contributed by atoms with Crippen LogP contribution in [0.25, 0.3) is 0 Å². The quantitative estimate of drug-likeness (QED) is 0.608. The Balaban J connectivity index is 0. The van der Waals surface area contributed by atoms with Crippen molar-refractivity contribution in [3.05, 3.63) is 0 Å². The van der Waals surface area contributed by atoms with Crippen molar-refractivity contribution in [1.29, 1.82) is 0 Å². The molecular weight excluding hydrogens is 224 g/mol. The van der Waals surface area contributed by atoms with Crippen LogP contribution in [0.2, 0.25) is 0 Å². The molecule has 0 bridgehead atoms. The summed E-state index contributed by atoms with van der Waals surface area (Å²) in [5.74, 6) is 1.26. The van der Waals surface area contributed by atoms with Crippen LogP contribution in [-0.2, 0) is 12.6 Å². The highest BCUT2D eigenvalue weighted by Crippen LogP contribution is 2.04. The van der Waals surface area contributed by atoms with Crippen molar-refractivity contribution in [2.75, 3.05) is 19.6 Å². The Morgan fingerprint density at radius 1 is 1.20 bits per heavy atom. The number of quaternary nitrogens is 1. The Morgan fingerprint density at radius 3 is 1.60 bits per heavy atom. The molecule has 0 atom stereocenters. The zero-order valence-electron chi connectivity index (χ0n) is 10.7. The van der Waals surface area contributed by atoms with Gasteiger partial charge in [-0.15, -0.1) is 0 Å². The van der Waals surface area contributed by atoms with Crippen LogP contribution in [0.4, 0.5) is 0 Å². The summed E-state index contributed by atoms with van der Waals surface area (Å²) in [6.45, 7) is 13.7. The molecule has 0 aliphatic rings. The van der Waals surface area contributed by atoms with Crippen LogP contribution < -0.4 is 5.73 Å². The van der Waals surface area contributed by atoms with E-state index >= 15 is 0 Å². The third-order valence-electron chi connectivity index (χ3n) is 1.43. The molecule has 0 fully saturated rings. The Hall–Kier alpha value is 0.0700. The molecule has 0 aromatic rings. The van der Waals surface area contributed by atoms with Gasteiger partial charge >= 0.3 is 0 Å². The van der Waals surface area contributed by atoms with Crippen molar-refractivity contribution >= 4 is 29.2 Å². The van der Waals surface area contributed by atoms with Gasteiger partial charge in [-0.2, -0.15) is 0 Å². The summed E-state index contributed by atoms with van der Waals surface area (Å²) >= 11 is 9.99. The highest BCUT2D eigenvalue weighted by molar-refractivity contribution is 8.00. The molecule has 0 saturated carbocycles. The largest absolute Gasteiger partial charge is 0.411 e. The summed E-state index contributed by atoms with van der Waals surface area (Å²) in [7, 11) is 0. The molecule has 0 saturated heterocycles. The summed E-state index contributed by atoms with van der Waals surface area (Å²) in [6.07, 6.45) is 0. The fraction of sp³-hybridized carbons (Fsp3) is 0.909. The Bertz CT molecular complexity index is 149. The minimum atomic E-state index is 0.609. The number of hydrogen-bond donors (Lipinski definition) is 1. The average Bonchev–Trinajstić information content (AvgIpc) is 2.02. The lowest BCUT2D eigenvalue weighted by atomic mass is 10.1. The maximum Gasteiger partial charge on any atom is 0.0711 e. The molecule has 0 aliphatic heterocycles. The van der Waals surface area contributed by atoms with Gasteiger partial charge in [-0.1, -0.05) is 32.0 Å². The van der Waals surface area contributed by atoms with Crippen LogP contribution in [0.1, 0.15) is 34.6 Å². The molecule has 3 N–H and O–H groups in total. The first-order valence-corrected chi connectivity index (χ1v) is 6.41. The van der Waals surface area contributed by atoms with E-state index in [2.05, 4.69) is 38.3 Å². The lowest BCUT2D eigenvalue weighted by molar-refractivity contribution is -0.361. The summed E-state index contributed by atoms with van der Waals surface area (Å²) in [5.41, 5.74) is 3.49. The van der Waals surface area contributed by atoms with Gasteiger partial charge in [-0.3, -0.25) is 0 Å². The molecule has 92 valence electrons. The molecule has 2 nitrogen and oxygen atoms in total. The second-order valence-electron chi connectivity index (χ2n) is 4.46. The Kier molecular flexibility index (Phi) is 12.3. The molecule has 0 aromatic heterocycles. The second-order valence-corrected chi connectivity index (χ2v) is 5.49. The van der Waals surface area contributed by atoms with E-state index < -0.39 is 0 Å². The van der Waals surface area contributed by atoms with Crippen LogP contribution in [0.3, 0.4) is 0 Å². The van der Waals surface area contributed by atoms with Gasteiger partial charge in [0.1, 0.15) is 0 Å². The Labute approximate surface area is 106 Å². The van der Waals surface area contributed by atoms with Gasteiger partial charge in [0.2, 0.25) is 0 Å². The summed E-state index contributed by atoms with van der Waals surface area (Å²) < 4.78 is 0.609. The van der Waals surface area contributed by atoms with E-state index in [0.717, 1.165) is 19.6 Å². The van der Waals surface area contributed by atoms with Crippen LogP contribution in [0.15, 0.2) is 0 Å². The molecule has 0 radical (unpaired) electrons. The van der Waals surface area contributed by atoms with Crippen LogP contribution in [0.5, 0.6) is 0 Å². The van der Waals surface area contributed by atoms with E-state index in [-0.39, 0.29) is 0 Å². The van der Waals surface area contributed by atoms with Crippen molar-refractivity contribution < 1.29 is 5.73 Å². The van der Waals surface area contributed by atoms with Crippen molar-refractivity contribution in [1.82, 2.24) is 4.90 Å². The van der Waals surface area contributed by atoms with Gasteiger partial charge in [-0.25, -0.2) is 0 Å². The standard InChI is InChI=1S/C9H19NS2.C2H7N/c1-7(2)5-10(9(11)12)6-8(3)4;1-2-3/h7-8H,5-6H2,1-4H3,(H,11,12);2-3H2,1H3. The van der Waals surface area contributed by atoms with E-state index in [4.69, 9.17) is 24.8 Å². The summed E-state index contributed by atoms with van der Waals surface area (Å²) in [4.78, 5) is 2.11. The topological polar surface area (TPSA) is 30.9 Å². The first kappa shape index (κ1) is 17.5. The maximum absolute atomic E-state index is 4.99. The number of rotatable bonds is 4. The first-order valence-electron chi connectivity index (χ1n) is 5.60. The average molecular weight is 250 g/mol. The summed E-state index contributed by atoms with van der Waals surface area (Å²) in [6, 6.07) is 0.